The molecule has 84 valence electrons. The Hall–Kier alpha value is -0.990. The number of H-pyrrole nitrogens is 1. The third-order valence-corrected chi connectivity index (χ3v) is 3.58. The second kappa shape index (κ2) is 4.11. The summed E-state index contributed by atoms with van der Waals surface area (Å²) >= 11 is 6.32. The monoisotopic (exact) mass is 234 g/mol. The van der Waals surface area contributed by atoms with Crippen LogP contribution in [-0.4, -0.2) is 11.5 Å². The van der Waals surface area contributed by atoms with Crippen molar-refractivity contribution < 1.29 is 0 Å². The molecule has 3 rings (SSSR count). The summed E-state index contributed by atoms with van der Waals surface area (Å²) < 4.78 is 0. The van der Waals surface area contributed by atoms with E-state index in [4.69, 9.17) is 11.6 Å². The Labute approximate surface area is 100.0 Å². The number of nitrogens with one attached hydrogen (secondary N) is 2. The van der Waals surface area contributed by atoms with Crippen LogP contribution in [0.1, 0.15) is 18.5 Å². The second-order valence-corrected chi connectivity index (χ2v) is 4.92. The molecular weight excluding hydrogens is 220 g/mol. The van der Waals surface area contributed by atoms with E-state index in [0.29, 0.717) is 0 Å². The molecule has 3 heteroatoms. The Kier molecular flexibility index (Phi) is 2.62. The number of rotatable bonds is 4. The van der Waals surface area contributed by atoms with E-state index in [1.165, 1.54) is 12.8 Å². The summed E-state index contributed by atoms with van der Waals surface area (Å²) in [6.07, 6.45) is 2.76. The fourth-order valence-electron chi connectivity index (χ4n) is 2.01. The van der Waals surface area contributed by atoms with Gasteiger partial charge in [-0.3, -0.25) is 0 Å². The minimum atomic E-state index is 0.837. The van der Waals surface area contributed by atoms with Crippen molar-refractivity contribution in [1.82, 2.24) is 10.3 Å². The van der Waals surface area contributed by atoms with Gasteiger partial charge in [-0.15, -0.1) is 0 Å². The molecule has 0 atom stereocenters. The van der Waals surface area contributed by atoms with Gasteiger partial charge in [0.05, 0.1) is 5.02 Å². The molecule has 0 saturated heterocycles. The molecule has 1 aliphatic rings. The number of aromatic amines is 1. The smallest absolute Gasteiger partial charge is 0.0705 e. The van der Waals surface area contributed by atoms with E-state index in [0.717, 1.165) is 40.6 Å². The van der Waals surface area contributed by atoms with Crippen LogP contribution in [0.3, 0.4) is 0 Å². The van der Waals surface area contributed by atoms with E-state index in [9.17, 15) is 0 Å². The fourth-order valence-corrected chi connectivity index (χ4v) is 2.29. The third-order valence-electron chi connectivity index (χ3n) is 3.15. The highest BCUT2D eigenvalue weighted by Crippen LogP contribution is 2.29. The SMILES string of the molecule is Clc1c(CNCC2CC2)[nH]c2ccccc12. The van der Waals surface area contributed by atoms with Crippen LogP contribution in [0.15, 0.2) is 24.3 Å². The van der Waals surface area contributed by atoms with Gasteiger partial charge in [0.15, 0.2) is 0 Å². The zero-order chi connectivity index (χ0) is 11.0. The molecule has 1 fully saturated rings. The van der Waals surface area contributed by atoms with E-state index >= 15 is 0 Å². The molecule has 2 aromatic rings. The highest BCUT2D eigenvalue weighted by Gasteiger charge is 2.20. The van der Waals surface area contributed by atoms with Gasteiger partial charge in [0.25, 0.3) is 0 Å². The minimum Gasteiger partial charge on any atom is -0.356 e. The summed E-state index contributed by atoms with van der Waals surface area (Å²) in [5, 5.41) is 5.43. The second-order valence-electron chi connectivity index (χ2n) is 4.54. The lowest BCUT2D eigenvalue weighted by atomic mass is 10.2. The molecule has 0 spiro atoms. The first-order valence-electron chi connectivity index (χ1n) is 5.80. The number of hydrogen-bond donors (Lipinski definition) is 2. The first kappa shape index (κ1) is 10.2. The lowest BCUT2D eigenvalue weighted by molar-refractivity contribution is 0.632. The maximum absolute atomic E-state index is 6.32. The maximum Gasteiger partial charge on any atom is 0.0705 e. The van der Waals surface area contributed by atoms with Gasteiger partial charge in [-0.2, -0.15) is 0 Å². The van der Waals surface area contributed by atoms with E-state index < -0.39 is 0 Å². The highest BCUT2D eigenvalue weighted by molar-refractivity contribution is 6.36. The zero-order valence-electron chi connectivity index (χ0n) is 9.09. The Morgan fingerprint density at radius 2 is 2.12 bits per heavy atom. The lowest BCUT2D eigenvalue weighted by Gasteiger charge is -2.01. The van der Waals surface area contributed by atoms with Gasteiger partial charge in [0.2, 0.25) is 0 Å². The summed E-state index contributed by atoms with van der Waals surface area (Å²) in [7, 11) is 0. The molecular formula is C13H15ClN2. The molecule has 2 nitrogen and oxygen atoms in total. The van der Waals surface area contributed by atoms with Gasteiger partial charge >= 0.3 is 0 Å². The molecule has 1 heterocycles. The number of fused-ring (bicyclic) bond motifs is 1. The van der Waals surface area contributed by atoms with Crippen LogP contribution in [-0.2, 0) is 6.54 Å². The van der Waals surface area contributed by atoms with Gasteiger partial charge < -0.3 is 10.3 Å². The van der Waals surface area contributed by atoms with Crippen molar-refractivity contribution in [2.45, 2.75) is 19.4 Å². The van der Waals surface area contributed by atoms with Crippen LogP contribution in [0.4, 0.5) is 0 Å². The Bertz CT molecular complexity index is 500. The third kappa shape index (κ3) is 1.95. The number of aromatic nitrogens is 1. The van der Waals surface area contributed by atoms with Gasteiger partial charge in [-0.05, 0) is 31.4 Å². The molecule has 0 bridgehead atoms. The van der Waals surface area contributed by atoms with Crippen LogP contribution in [0.25, 0.3) is 10.9 Å². The molecule has 0 unspecified atom stereocenters. The molecule has 0 radical (unpaired) electrons. The fraction of sp³-hybridized carbons (Fsp3) is 0.385. The number of hydrogen-bond acceptors (Lipinski definition) is 1. The normalized spacial score (nSPS) is 15.8. The van der Waals surface area contributed by atoms with Crippen molar-refractivity contribution in [3.63, 3.8) is 0 Å². The van der Waals surface area contributed by atoms with Crippen molar-refractivity contribution in [1.29, 1.82) is 0 Å². The molecule has 1 aliphatic carbocycles. The van der Waals surface area contributed by atoms with E-state index in [1.54, 1.807) is 0 Å². The van der Waals surface area contributed by atoms with E-state index in [1.807, 2.05) is 12.1 Å². The first-order chi connectivity index (χ1) is 7.84. The number of halogens is 1. The van der Waals surface area contributed by atoms with Gasteiger partial charge in [-0.1, -0.05) is 29.8 Å². The number of benzene rings is 1. The minimum absolute atomic E-state index is 0.837. The summed E-state index contributed by atoms with van der Waals surface area (Å²) in [5.74, 6) is 0.906. The van der Waals surface area contributed by atoms with Gasteiger partial charge in [0, 0.05) is 23.1 Å². The lowest BCUT2D eigenvalue weighted by Crippen LogP contribution is -2.16. The molecule has 1 aromatic carbocycles. The maximum atomic E-state index is 6.32. The van der Waals surface area contributed by atoms with E-state index in [-0.39, 0.29) is 0 Å². The topological polar surface area (TPSA) is 27.8 Å². The first-order valence-corrected chi connectivity index (χ1v) is 6.18. The van der Waals surface area contributed by atoms with Crippen molar-refractivity contribution >= 4 is 22.5 Å². The zero-order valence-corrected chi connectivity index (χ0v) is 9.85. The molecule has 0 amide bonds. The van der Waals surface area contributed by atoms with Crippen LogP contribution in [0.2, 0.25) is 5.02 Å². The average Bonchev–Trinajstić information content (AvgIpc) is 3.06. The predicted octanol–water partition coefficient (Wildman–Crippen LogP) is 3.32. The van der Waals surface area contributed by atoms with Crippen molar-refractivity contribution in [3.05, 3.63) is 35.0 Å². The quantitative estimate of drug-likeness (QED) is 0.835. The molecule has 1 saturated carbocycles. The van der Waals surface area contributed by atoms with Gasteiger partial charge in [-0.25, -0.2) is 0 Å². The van der Waals surface area contributed by atoms with Crippen LogP contribution in [0, 0.1) is 5.92 Å². The van der Waals surface area contributed by atoms with Gasteiger partial charge in [0.1, 0.15) is 0 Å². The standard InChI is InChI=1S/C13H15ClN2/c14-13-10-3-1-2-4-11(10)16-12(13)8-15-7-9-5-6-9/h1-4,9,15-16H,5-8H2. The van der Waals surface area contributed by atoms with Crippen molar-refractivity contribution in [2.24, 2.45) is 5.92 Å². The Morgan fingerprint density at radius 1 is 1.31 bits per heavy atom. The summed E-state index contributed by atoms with van der Waals surface area (Å²) in [6, 6.07) is 8.16. The largest absolute Gasteiger partial charge is 0.356 e. The summed E-state index contributed by atoms with van der Waals surface area (Å²) in [5.41, 5.74) is 2.22. The highest BCUT2D eigenvalue weighted by atomic mass is 35.5. The van der Waals surface area contributed by atoms with Crippen LogP contribution in [0.5, 0.6) is 0 Å². The van der Waals surface area contributed by atoms with Crippen LogP contribution < -0.4 is 5.32 Å². The molecule has 1 aromatic heterocycles. The summed E-state index contributed by atoms with van der Waals surface area (Å²) in [4.78, 5) is 3.36. The Morgan fingerprint density at radius 3 is 2.88 bits per heavy atom. The predicted molar refractivity (Wildman–Crippen MR) is 67.7 cm³/mol. The average molecular weight is 235 g/mol. The molecule has 0 aliphatic heterocycles. The molecule has 2 N–H and O–H groups in total. The van der Waals surface area contributed by atoms with Crippen molar-refractivity contribution in [2.75, 3.05) is 6.54 Å². The Balaban J connectivity index is 1.77. The summed E-state index contributed by atoms with van der Waals surface area (Å²) in [6.45, 7) is 1.95. The number of para-hydroxylation sites is 1. The van der Waals surface area contributed by atoms with E-state index in [2.05, 4.69) is 22.4 Å². The van der Waals surface area contributed by atoms with Crippen LogP contribution >= 0.6 is 11.6 Å². The molecule has 16 heavy (non-hydrogen) atoms. The van der Waals surface area contributed by atoms with Crippen molar-refractivity contribution in [3.8, 4) is 0 Å².